The molecule has 142 valence electrons. The van der Waals surface area contributed by atoms with Gasteiger partial charge in [-0.15, -0.1) is 11.3 Å². The van der Waals surface area contributed by atoms with Crippen molar-refractivity contribution in [1.82, 2.24) is 9.80 Å². The van der Waals surface area contributed by atoms with Crippen molar-refractivity contribution in [1.29, 1.82) is 0 Å². The molecular formula is C22H26N2O2S. The van der Waals surface area contributed by atoms with E-state index in [4.69, 9.17) is 0 Å². The van der Waals surface area contributed by atoms with Crippen LogP contribution in [0.2, 0.25) is 0 Å². The van der Waals surface area contributed by atoms with E-state index in [0.717, 1.165) is 29.0 Å². The summed E-state index contributed by atoms with van der Waals surface area (Å²) in [5.41, 5.74) is 0.648. The monoisotopic (exact) mass is 382 g/mol. The standard InChI is InChI=1S/C22H26N2O2S/c1-15-9-11-18(27-15)20(25)24-17-10-12-19(24)22(14-17,21(26)23(2)3)13-16-7-5-4-6-8-16/h4-9,11,17,19H,10,12-14H2,1-3H3/t17-,19+,22+/m0/s1. The minimum absolute atomic E-state index is 0.0208. The maximum atomic E-state index is 13.4. The molecular weight excluding hydrogens is 356 g/mol. The fraction of sp³-hybridized carbons (Fsp3) is 0.455. The van der Waals surface area contributed by atoms with Crippen molar-refractivity contribution in [2.75, 3.05) is 14.1 Å². The van der Waals surface area contributed by atoms with E-state index in [9.17, 15) is 9.59 Å². The third-order valence-electron chi connectivity index (χ3n) is 6.12. The topological polar surface area (TPSA) is 40.6 Å². The van der Waals surface area contributed by atoms with Crippen molar-refractivity contribution >= 4 is 23.2 Å². The molecule has 0 unspecified atom stereocenters. The zero-order valence-electron chi connectivity index (χ0n) is 16.1. The number of rotatable bonds is 4. The molecule has 2 aliphatic heterocycles. The summed E-state index contributed by atoms with van der Waals surface area (Å²) in [5, 5.41) is 0. The van der Waals surface area contributed by atoms with E-state index in [-0.39, 0.29) is 23.9 Å². The highest BCUT2D eigenvalue weighted by atomic mass is 32.1. The minimum atomic E-state index is -0.518. The first-order chi connectivity index (χ1) is 12.9. The molecule has 2 fully saturated rings. The highest BCUT2D eigenvalue weighted by Gasteiger charge is 2.61. The number of nitrogens with zero attached hydrogens (tertiary/aromatic N) is 2. The molecule has 0 radical (unpaired) electrons. The molecule has 3 heterocycles. The Labute approximate surface area is 164 Å². The van der Waals surface area contributed by atoms with Crippen molar-refractivity contribution in [3.63, 3.8) is 0 Å². The number of carbonyl (C=O) groups is 2. The Morgan fingerprint density at radius 1 is 1.15 bits per heavy atom. The Balaban J connectivity index is 1.70. The first-order valence-electron chi connectivity index (χ1n) is 9.57. The fourth-order valence-corrected chi connectivity index (χ4v) is 5.88. The second kappa shape index (κ2) is 6.79. The van der Waals surface area contributed by atoms with E-state index in [0.29, 0.717) is 6.42 Å². The number of fused-ring (bicyclic) bond motifs is 2. The van der Waals surface area contributed by atoms with Gasteiger partial charge in [0, 0.05) is 31.1 Å². The maximum absolute atomic E-state index is 13.4. The average Bonchev–Trinajstić information content (AvgIpc) is 3.34. The molecule has 0 saturated carbocycles. The van der Waals surface area contributed by atoms with Crippen LogP contribution in [0.5, 0.6) is 0 Å². The number of benzene rings is 1. The number of hydrogen-bond acceptors (Lipinski definition) is 3. The number of carbonyl (C=O) groups excluding carboxylic acids is 2. The average molecular weight is 383 g/mol. The predicted molar refractivity (Wildman–Crippen MR) is 108 cm³/mol. The zero-order valence-corrected chi connectivity index (χ0v) is 17.0. The van der Waals surface area contributed by atoms with Crippen LogP contribution in [-0.2, 0) is 11.2 Å². The molecule has 2 amide bonds. The third kappa shape index (κ3) is 2.98. The van der Waals surface area contributed by atoms with Gasteiger partial charge in [-0.3, -0.25) is 9.59 Å². The molecule has 2 bridgehead atoms. The van der Waals surface area contributed by atoms with Gasteiger partial charge >= 0.3 is 0 Å². The molecule has 2 aliphatic rings. The second-order valence-corrected chi connectivity index (χ2v) is 9.38. The summed E-state index contributed by atoms with van der Waals surface area (Å²) in [4.78, 5) is 32.3. The molecule has 0 spiro atoms. The van der Waals surface area contributed by atoms with Gasteiger partial charge in [-0.1, -0.05) is 30.3 Å². The van der Waals surface area contributed by atoms with Crippen LogP contribution in [0.4, 0.5) is 0 Å². The van der Waals surface area contributed by atoms with Crippen molar-refractivity contribution in [2.24, 2.45) is 5.41 Å². The quantitative estimate of drug-likeness (QED) is 0.808. The SMILES string of the molecule is Cc1ccc(C(=O)N2[C@H]3CC[C@@H]2[C@](Cc2ccccc2)(C(=O)N(C)C)C3)s1. The lowest BCUT2D eigenvalue weighted by Crippen LogP contribution is -2.50. The van der Waals surface area contributed by atoms with Gasteiger partial charge in [0.05, 0.1) is 10.3 Å². The smallest absolute Gasteiger partial charge is 0.264 e. The van der Waals surface area contributed by atoms with Crippen LogP contribution in [0, 0.1) is 12.3 Å². The van der Waals surface area contributed by atoms with Gasteiger partial charge in [-0.05, 0) is 50.3 Å². The van der Waals surface area contributed by atoms with E-state index in [2.05, 4.69) is 12.1 Å². The van der Waals surface area contributed by atoms with E-state index in [1.54, 1.807) is 16.2 Å². The molecule has 4 rings (SSSR count). The molecule has 2 aromatic rings. The lowest BCUT2D eigenvalue weighted by Gasteiger charge is -2.38. The molecule has 5 heteroatoms. The first-order valence-corrected chi connectivity index (χ1v) is 10.4. The van der Waals surface area contributed by atoms with Crippen LogP contribution >= 0.6 is 11.3 Å². The fourth-order valence-electron chi connectivity index (χ4n) is 5.07. The van der Waals surface area contributed by atoms with E-state index < -0.39 is 5.41 Å². The van der Waals surface area contributed by atoms with E-state index in [1.807, 2.05) is 56.3 Å². The van der Waals surface area contributed by atoms with Gasteiger partial charge in [-0.25, -0.2) is 0 Å². The van der Waals surface area contributed by atoms with Gasteiger partial charge in [0.15, 0.2) is 0 Å². The lowest BCUT2D eigenvalue weighted by atomic mass is 9.69. The second-order valence-electron chi connectivity index (χ2n) is 8.09. The molecule has 1 aromatic heterocycles. The molecule has 1 aromatic carbocycles. The van der Waals surface area contributed by atoms with Crippen LogP contribution < -0.4 is 0 Å². The van der Waals surface area contributed by atoms with Gasteiger partial charge in [0.2, 0.25) is 5.91 Å². The van der Waals surface area contributed by atoms with Crippen molar-refractivity contribution in [2.45, 2.75) is 44.7 Å². The lowest BCUT2D eigenvalue weighted by molar-refractivity contribution is -0.141. The number of hydrogen-bond donors (Lipinski definition) is 0. The Bertz CT molecular complexity index is 860. The Morgan fingerprint density at radius 3 is 2.52 bits per heavy atom. The largest absolute Gasteiger partial charge is 0.348 e. The number of thiophene rings is 1. The van der Waals surface area contributed by atoms with Crippen molar-refractivity contribution in [3.8, 4) is 0 Å². The molecule has 0 aliphatic carbocycles. The third-order valence-corrected chi connectivity index (χ3v) is 7.11. The maximum Gasteiger partial charge on any atom is 0.264 e. The normalized spacial score (nSPS) is 26.4. The highest BCUT2D eigenvalue weighted by Crippen LogP contribution is 2.53. The van der Waals surface area contributed by atoms with Crippen molar-refractivity contribution in [3.05, 3.63) is 57.8 Å². The Hall–Kier alpha value is -2.14. The van der Waals surface area contributed by atoms with Crippen LogP contribution in [0.1, 0.15) is 39.4 Å². The van der Waals surface area contributed by atoms with Crippen LogP contribution in [0.15, 0.2) is 42.5 Å². The van der Waals surface area contributed by atoms with Crippen LogP contribution in [0.3, 0.4) is 0 Å². The highest BCUT2D eigenvalue weighted by molar-refractivity contribution is 7.13. The summed E-state index contributed by atoms with van der Waals surface area (Å²) in [6.07, 6.45) is 3.37. The summed E-state index contributed by atoms with van der Waals surface area (Å²) < 4.78 is 0. The van der Waals surface area contributed by atoms with Gasteiger partial charge in [0.1, 0.15) is 0 Å². The van der Waals surface area contributed by atoms with Crippen LogP contribution in [-0.4, -0.2) is 47.8 Å². The zero-order chi connectivity index (χ0) is 19.2. The first kappa shape index (κ1) is 18.2. The number of aryl methyl sites for hydroxylation is 1. The van der Waals surface area contributed by atoms with Crippen LogP contribution in [0.25, 0.3) is 0 Å². The molecule has 27 heavy (non-hydrogen) atoms. The van der Waals surface area contributed by atoms with Gasteiger partial charge < -0.3 is 9.80 Å². The van der Waals surface area contributed by atoms with Gasteiger partial charge in [0.25, 0.3) is 5.91 Å². The summed E-state index contributed by atoms with van der Waals surface area (Å²) in [6.45, 7) is 2.02. The summed E-state index contributed by atoms with van der Waals surface area (Å²) in [5.74, 6) is 0.251. The Kier molecular flexibility index (Phi) is 4.58. The minimum Gasteiger partial charge on any atom is -0.348 e. The summed E-state index contributed by atoms with van der Waals surface area (Å²) in [6, 6.07) is 14.3. The molecule has 2 saturated heterocycles. The predicted octanol–water partition coefficient (Wildman–Crippen LogP) is 3.75. The van der Waals surface area contributed by atoms with E-state index >= 15 is 0 Å². The molecule has 4 nitrogen and oxygen atoms in total. The number of amides is 2. The molecule has 3 atom stereocenters. The summed E-state index contributed by atoms with van der Waals surface area (Å²) in [7, 11) is 3.66. The van der Waals surface area contributed by atoms with E-state index in [1.165, 1.54) is 5.56 Å². The van der Waals surface area contributed by atoms with Gasteiger partial charge in [-0.2, -0.15) is 0 Å². The Morgan fingerprint density at radius 2 is 1.89 bits per heavy atom. The van der Waals surface area contributed by atoms with Crippen molar-refractivity contribution < 1.29 is 9.59 Å². The molecule has 0 N–H and O–H groups in total. The summed E-state index contributed by atoms with van der Waals surface area (Å²) >= 11 is 1.55.